The monoisotopic (exact) mass is 351 g/mol. The van der Waals surface area contributed by atoms with Crippen LogP contribution in [0.5, 0.6) is 5.75 Å². The third-order valence-corrected chi connectivity index (χ3v) is 4.49. The van der Waals surface area contributed by atoms with Crippen molar-refractivity contribution >= 4 is 23.8 Å². The average Bonchev–Trinajstić information content (AvgIpc) is 3.11. The van der Waals surface area contributed by atoms with Gasteiger partial charge in [-0.2, -0.15) is 0 Å². The van der Waals surface area contributed by atoms with Crippen molar-refractivity contribution in [1.29, 1.82) is 0 Å². The lowest BCUT2D eigenvalue weighted by atomic mass is 10.2. The van der Waals surface area contributed by atoms with Crippen molar-refractivity contribution in [2.75, 3.05) is 0 Å². The van der Waals surface area contributed by atoms with Gasteiger partial charge in [0.1, 0.15) is 11.6 Å². The number of nitrogens with zero attached hydrogens (tertiary/aromatic N) is 1. The fourth-order valence-electron chi connectivity index (χ4n) is 3.00. The smallest absolute Gasteiger partial charge is 0.424 e. The van der Waals surface area contributed by atoms with Crippen molar-refractivity contribution in [2.45, 2.75) is 45.6 Å². The zero-order valence-electron chi connectivity index (χ0n) is 13.7. The van der Waals surface area contributed by atoms with Crippen LogP contribution in [0.3, 0.4) is 0 Å². The molecule has 0 atom stereocenters. The van der Waals surface area contributed by atoms with E-state index in [4.69, 9.17) is 20.8 Å². The summed E-state index contributed by atoms with van der Waals surface area (Å²) in [6, 6.07) is 2.60. The van der Waals surface area contributed by atoms with E-state index in [1.54, 1.807) is 13.8 Å². The maximum Gasteiger partial charge on any atom is 0.424 e. The highest BCUT2D eigenvalue weighted by Gasteiger charge is 2.20. The molecule has 0 unspecified atom stereocenters. The lowest BCUT2D eigenvalue weighted by Crippen LogP contribution is -2.30. The lowest BCUT2D eigenvalue weighted by Gasteiger charge is -2.15. The molecule has 3 rings (SSSR count). The Hall–Kier alpha value is -2.01. The van der Waals surface area contributed by atoms with Crippen LogP contribution in [-0.2, 0) is 0 Å². The molecule has 4 nitrogen and oxygen atoms in total. The molecule has 1 aliphatic carbocycles. The zero-order chi connectivity index (χ0) is 17.4. The van der Waals surface area contributed by atoms with E-state index in [0.717, 1.165) is 41.9 Å². The zero-order valence-corrected chi connectivity index (χ0v) is 14.5. The van der Waals surface area contributed by atoms with E-state index in [2.05, 4.69) is 6.58 Å². The molecule has 0 radical (unpaired) electrons. The van der Waals surface area contributed by atoms with Crippen molar-refractivity contribution < 1.29 is 13.5 Å². The number of ether oxygens (including phenoxy) is 1. The van der Waals surface area contributed by atoms with E-state index < -0.39 is 11.6 Å². The Morgan fingerprint density at radius 3 is 2.62 bits per heavy atom. The van der Waals surface area contributed by atoms with Gasteiger partial charge in [-0.3, -0.25) is 0 Å². The van der Waals surface area contributed by atoms with E-state index in [9.17, 15) is 9.18 Å². The molecule has 1 aliphatic rings. The summed E-state index contributed by atoms with van der Waals surface area (Å²) in [5, 5.41) is 0.483. The molecule has 0 bridgehead atoms. The van der Waals surface area contributed by atoms with E-state index in [1.807, 2.05) is 0 Å². The van der Waals surface area contributed by atoms with Crippen LogP contribution < -0.4 is 21.3 Å². The van der Waals surface area contributed by atoms with Gasteiger partial charge in [-0.05, 0) is 51.2 Å². The maximum absolute atomic E-state index is 14.4. The van der Waals surface area contributed by atoms with Crippen LogP contribution >= 0.6 is 11.6 Å². The van der Waals surface area contributed by atoms with Crippen LogP contribution in [0.2, 0.25) is 5.02 Å². The summed E-state index contributed by atoms with van der Waals surface area (Å²) < 4.78 is 26.6. The van der Waals surface area contributed by atoms with Crippen LogP contribution in [-0.4, -0.2) is 10.7 Å². The Morgan fingerprint density at radius 1 is 1.38 bits per heavy atom. The number of rotatable bonds is 3. The van der Waals surface area contributed by atoms with Gasteiger partial charge >= 0.3 is 5.76 Å². The Bertz CT molecular complexity index is 934. The van der Waals surface area contributed by atoms with Crippen LogP contribution in [0.15, 0.2) is 21.3 Å². The first-order valence-corrected chi connectivity index (χ1v) is 8.30. The first kappa shape index (κ1) is 16.8. The Labute approximate surface area is 143 Å². The second kappa shape index (κ2) is 6.48. The SMILES string of the molecule is C=c1c(=C(C)C)oc(=O)n1-c1cc(OC2CCCC2)c(Cl)cc1F. The Kier molecular flexibility index (Phi) is 4.54. The highest BCUT2D eigenvalue weighted by molar-refractivity contribution is 6.32. The van der Waals surface area contributed by atoms with E-state index in [1.165, 1.54) is 6.07 Å². The van der Waals surface area contributed by atoms with E-state index in [-0.39, 0.29) is 16.8 Å². The van der Waals surface area contributed by atoms with Gasteiger partial charge in [-0.25, -0.2) is 13.8 Å². The highest BCUT2D eigenvalue weighted by Crippen LogP contribution is 2.32. The Morgan fingerprint density at radius 2 is 2.04 bits per heavy atom. The molecule has 0 aliphatic heterocycles. The molecule has 1 saturated carbocycles. The van der Waals surface area contributed by atoms with Gasteiger partial charge < -0.3 is 9.15 Å². The number of hydrogen-bond donors (Lipinski definition) is 0. The third kappa shape index (κ3) is 3.00. The molecule has 0 spiro atoms. The molecule has 0 saturated heterocycles. The molecule has 2 aromatic rings. The van der Waals surface area contributed by atoms with Crippen molar-refractivity contribution in [2.24, 2.45) is 0 Å². The molecule has 128 valence electrons. The molecule has 1 aromatic heterocycles. The van der Waals surface area contributed by atoms with E-state index in [0.29, 0.717) is 16.5 Å². The molecule has 1 fully saturated rings. The molecular weight excluding hydrogens is 333 g/mol. The van der Waals surface area contributed by atoms with E-state index >= 15 is 0 Å². The molecule has 0 amide bonds. The number of halogens is 2. The van der Waals surface area contributed by atoms with Gasteiger partial charge in [0.15, 0.2) is 5.42 Å². The van der Waals surface area contributed by atoms with Crippen molar-refractivity contribution in [1.82, 2.24) is 4.57 Å². The fourth-order valence-corrected chi connectivity index (χ4v) is 3.20. The quantitative estimate of drug-likeness (QED) is 0.853. The summed E-state index contributed by atoms with van der Waals surface area (Å²) in [6.45, 7) is 7.43. The summed E-state index contributed by atoms with van der Waals surface area (Å²) in [7, 11) is 0. The molecule has 24 heavy (non-hydrogen) atoms. The largest absolute Gasteiger partial charge is 0.489 e. The van der Waals surface area contributed by atoms with Crippen molar-refractivity contribution in [3.63, 3.8) is 0 Å². The molecule has 1 aromatic carbocycles. The minimum Gasteiger partial charge on any atom is -0.489 e. The van der Waals surface area contributed by atoms with Gasteiger partial charge in [0.05, 0.1) is 22.2 Å². The van der Waals surface area contributed by atoms with Crippen LogP contribution in [0.4, 0.5) is 4.39 Å². The minimum absolute atomic E-state index is 0.0265. The number of benzene rings is 1. The second-order valence-electron chi connectivity index (χ2n) is 6.24. The highest BCUT2D eigenvalue weighted by atomic mass is 35.5. The molecule has 1 heterocycles. The summed E-state index contributed by atoms with van der Waals surface area (Å²) in [6.07, 6.45) is 4.18. The maximum atomic E-state index is 14.4. The summed E-state index contributed by atoms with van der Waals surface area (Å²) >= 11 is 6.11. The lowest BCUT2D eigenvalue weighted by molar-refractivity contribution is 0.210. The molecular formula is C18H19ClFNO3. The van der Waals surface area contributed by atoms with Crippen molar-refractivity contribution in [3.8, 4) is 11.4 Å². The Balaban J connectivity index is 2.14. The normalized spacial score (nSPS) is 15.0. The molecule has 0 N–H and O–H groups in total. The first-order valence-electron chi connectivity index (χ1n) is 7.93. The van der Waals surface area contributed by atoms with Crippen LogP contribution in [0, 0.1) is 5.82 Å². The predicted octanol–water partition coefficient (Wildman–Crippen LogP) is 3.15. The first-order chi connectivity index (χ1) is 11.4. The predicted molar refractivity (Wildman–Crippen MR) is 91.7 cm³/mol. The minimum atomic E-state index is -0.691. The number of oxazole rings is 1. The topological polar surface area (TPSA) is 44.4 Å². The van der Waals surface area contributed by atoms with Gasteiger partial charge in [-0.15, -0.1) is 0 Å². The van der Waals surface area contributed by atoms with Gasteiger partial charge in [0.25, 0.3) is 0 Å². The second-order valence-corrected chi connectivity index (χ2v) is 6.64. The third-order valence-electron chi connectivity index (χ3n) is 4.20. The molecule has 6 heteroatoms. The van der Waals surface area contributed by atoms with Gasteiger partial charge in [0, 0.05) is 6.07 Å². The van der Waals surface area contributed by atoms with Gasteiger partial charge in [-0.1, -0.05) is 18.2 Å². The van der Waals surface area contributed by atoms with Crippen molar-refractivity contribution in [3.05, 3.63) is 44.3 Å². The number of hydrogen-bond acceptors (Lipinski definition) is 3. The standard InChI is InChI=1S/C18H19ClFNO3/c1-10(2)17-11(3)21(18(22)24-17)15-9-16(13(19)8-14(15)20)23-12-6-4-5-7-12/h8-9,12H,3-7H2,1-2H3. The summed E-state index contributed by atoms with van der Waals surface area (Å²) in [5.74, 6) is -0.956. The van der Waals surface area contributed by atoms with Crippen LogP contribution in [0.25, 0.3) is 17.8 Å². The van der Waals surface area contributed by atoms with Gasteiger partial charge in [0.2, 0.25) is 0 Å². The summed E-state index contributed by atoms with van der Waals surface area (Å²) in [5.41, 5.74) is 1.17. The van der Waals surface area contributed by atoms with Crippen LogP contribution in [0.1, 0.15) is 39.5 Å². The summed E-state index contributed by atoms with van der Waals surface area (Å²) in [4.78, 5) is 12.2. The fraction of sp³-hybridized carbons (Fsp3) is 0.389. The average molecular weight is 352 g/mol. The number of aromatic nitrogens is 1.